The molecule has 0 aliphatic heterocycles. The van der Waals surface area contributed by atoms with E-state index in [1.165, 1.54) is 0 Å². The van der Waals surface area contributed by atoms with Gasteiger partial charge in [-0.3, -0.25) is 4.79 Å². The van der Waals surface area contributed by atoms with Gasteiger partial charge in [-0.05, 0) is 36.6 Å². The van der Waals surface area contributed by atoms with Gasteiger partial charge in [0.15, 0.2) is 0 Å². The van der Waals surface area contributed by atoms with Crippen LogP contribution in [0.1, 0.15) is 23.1 Å². The monoisotopic (exact) mass is 232 g/mol. The number of amides is 1. The molecule has 90 valence electrons. The highest BCUT2D eigenvalue weighted by Gasteiger charge is 2.06. The Morgan fingerprint density at radius 2 is 2.18 bits per heavy atom. The van der Waals surface area contributed by atoms with Crippen molar-refractivity contribution in [2.45, 2.75) is 26.8 Å². The number of aryl methyl sites for hydroxylation is 1. The van der Waals surface area contributed by atoms with Gasteiger partial charge in [-0.1, -0.05) is 6.07 Å². The molecule has 1 rings (SSSR count). The first-order chi connectivity index (χ1) is 8.08. The molecule has 0 aromatic heterocycles. The van der Waals surface area contributed by atoms with Crippen molar-refractivity contribution < 1.29 is 9.53 Å². The number of carbonyl (C=O) groups is 1. The van der Waals surface area contributed by atoms with E-state index in [1.807, 2.05) is 32.0 Å². The topological polar surface area (TPSA) is 62.1 Å². The van der Waals surface area contributed by atoms with Crippen LogP contribution in [0, 0.1) is 25.2 Å². The van der Waals surface area contributed by atoms with E-state index >= 15 is 0 Å². The minimum absolute atomic E-state index is 0.109. The van der Waals surface area contributed by atoms with Crippen LogP contribution >= 0.6 is 0 Å². The average Bonchev–Trinajstić information content (AvgIpc) is 2.31. The molecule has 0 saturated heterocycles. The first-order valence-corrected chi connectivity index (χ1v) is 5.36. The molecule has 1 N–H and O–H groups in total. The van der Waals surface area contributed by atoms with Crippen LogP contribution in [0.4, 0.5) is 0 Å². The molecule has 0 aliphatic carbocycles. The normalized spacial score (nSPS) is 9.53. The quantitative estimate of drug-likeness (QED) is 0.861. The number of ether oxygens (including phenoxy) is 1. The van der Waals surface area contributed by atoms with Gasteiger partial charge in [0.25, 0.3) is 0 Å². The fraction of sp³-hybridized carbons (Fsp3) is 0.385. The third-order valence-electron chi connectivity index (χ3n) is 2.63. The first-order valence-electron chi connectivity index (χ1n) is 5.36. The molecular weight excluding hydrogens is 216 g/mol. The van der Waals surface area contributed by atoms with Gasteiger partial charge in [0.05, 0.1) is 13.2 Å². The van der Waals surface area contributed by atoms with Crippen molar-refractivity contribution in [3.8, 4) is 11.8 Å². The summed E-state index contributed by atoms with van der Waals surface area (Å²) in [7, 11) is 1.62. The van der Waals surface area contributed by atoms with Crippen LogP contribution in [0.15, 0.2) is 12.1 Å². The third-order valence-corrected chi connectivity index (χ3v) is 2.63. The van der Waals surface area contributed by atoms with Gasteiger partial charge in [0, 0.05) is 6.54 Å². The molecule has 0 spiro atoms. The fourth-order valence-electron chi connectivity index (χ4n) is 1.55. The van der Waals surface area contributed by atoms with E-state index in [4.69, 9.17) is 10.00 Å². The number of nitrogens with one attached hydrogen (secondary N) is 1. The maximum atomic E-state index is 11.2. The summed E-state index contributed by atoms with van der Waals surface area (Å²) in [5.41, 5.74) is 3.18. The Morgan fingerprint density at radius 1 is 1.47 bits per heavy atom. The second-order valence-corrected chi connectivity index (χ2v) is 3.85. The molecule has 4 heteroatoms. The van der Waals surface area contributed by atoms with Gasteiger partial charge in [0.2, 0.25) is 5.91 Å². The molecule has 0 saturated carbocycles. The summed E-state index contributed by atoms with van der Waals surface area (Å²) in [6.07, 6.45) is -0.109. The molecule has 0 atom stereocenters. The van der Waals surface area contributed by atoms with E-state index in [1.54, 1.807) is 7.11 Å². The van der Waals surface area contributed by atoms with Crippen LogP contribution in [0.3, 0.4) is 0 Å². The van der Waals surface area contributed by atoms with Crippen LogP contribution in [0.2, 0.25) is 0 Å². The summed E-state index contributed by atoms with van der Waals surface area (Å²) in [6, 6.07) is 5.71. The summed E-state index contributed by atoms with van der Waals surface area (Å²) in [5, 5.41) is 11.0. The number of methoxy groups -OCH3 is 1. The van der Waals surface area contributed by atoms with Crippen molar-refractivity contribution in [1.82, 2.24) is 5.32 Å². The van der Waals surface area contributed by atoms with Gasteiger partial charge < -0.3 is 10.1 Å². The first kappa shape index (κ1) is 13.0. The van der Waals surface area contributed by atoms with Crippen molar-refractivity contribution in [3.05, 3.63) is 28.8 Å². The van der Waals surface area contributed by atoms with Gasteiger partial charge in [-0.2, -0.15) is 5.26 Å². The molecule has 4 nitrogen and oxygen atoms in total. The van der Waals surface area contributed by atoms with Gasteiger partial charge in [-0.25, -0.2) is 0 Å². The van der Waals surface area contributed by atoms with Crippen LogP contribution in [-0.4, -0.2) is 13.0 Å². The highest BCUT2D eigenvalue weighted by Crippen LogP contribution is 2.23. The lowest BCUT2D eigenvalue weighted by molar-refractivity contribution is -0.120. The minimum Gasteiger partial charge on any atom is -0.496 e. The van der Waals surface area contributed by atoms with Crippen LogP contribution in [-0.2, 0) is 11.3 Å². The molecule has 0 bridgehead atoms. The van der Waals surface area contributed by atoms with E-state index < -0.39 is 0 Å². The molecule has 17 heavy (non-hydrogen) atoms. The Labute approximate surface area is 101 Å². The lowest BCUT2D eigenvalue weighted by atomic mass is 10.0. The van der Waals surface area contributed by atoms with E-state index in [0.717, 1.165) is 22.4 Å². The Morgan fingerprint density at radius 3 is 2.76 bits per heavy atom. The van der Waals surface area contributed by atoms with Crippen molar-refractivity contribution in [2.24, 2.45) is 0 Å². The molecule has 1 amide bonds. The molecule has 0 unspecified atom stereocenters. The van der Waals surface area contributed by atoms with Crippen molar-refractivity contribution >= 4 is 5.91 Å². The lowest BCUT2D eigenvalue weighted by Gasteiger charge is -2.11. The van der Waals surface area contributed by atoms with Crippen molar-refractivity contribution in [2.75, 3.05) is 7.11 Å². The zero-order chi connectivity index (χ0) is 12.8. The van der Waals surface area contributed by atoms with E-state index in [0.29, 0.717) is 6.54 Å². The summed E-state index contributed by atoms with van der Waals surface area (Å²) >= 11 is 0. The van der Waals surface area contributed by atoms with Gasteiger partial charge >= 0.3 is 0 Å². The largest absolute Gasteiger partial charge is 0.496 e. The SMILES string of the molecule is COc1cc(CNC(=O)CC#N)cc(C)c1C. The van der Waals surface area contributed by atoms with Crippen LogP contribution in [0.25, 0.3) is 0 Å². The van der Waals surface area contributed by atoms with Crippen LogP contribution < -0.4 is 10.1 Å². The second-order valence-electron chi connectivity index (χ2n) is 3.85. The minimum atomic E-state index is -0.260. The Hall–Kier alpha value is -2.02. The number of benzene rings is 1. The number of nitriles is 1. The summed E-state index contributed by atoms with van der Waals surface area (Å²) in [5.74, 6) is 0.555. The fourth-order valence-corrected chi connectivity index (χ4v) is 1.55. The van der Waals surface area contributed by atoms with Crippen molar-refractivity contribution in [3.63, 3.8) is 0 Å². The van der Waals surface area contributed by atoms with E-state index in [-0.39, 0.29) is 12.3 Å². The Kier molecular flexibility index (Phi) is 4.53. The zero-order valence-corrected chi connectivity index (χ0v) is 10.3. The molecule has 0 fully saturated rings. The standard InChI is InChI=1S/C13H16N2O2/c1-9-6-11(7-12(17-3)10(9)2)8-15-13(16)4-5-14/h6-7H,4,8H2,1-3H3,(H,15,16). The highest BCUT2D eigenvalue weighted by atomic mass is 16.5. The Balaban J connectivity index is 2.76. The van der Waals surface area contributed by atoms with Gasteiger partial charge in [-0.15, -0.1) is 0 Å². The van der Waals surface area contributed by atoms with Crippen molar-refractivity contribution in [1.29, 1.82) is 5.26 Å². The van der Waals surface area contributed by atoms with Crippen LogP contribution in [0.5, 0.6) is 5.75 Å². The molecule has 0 aliphatic rings. The summed E-state index contributed by atoms with van der Waals surface area (Å²) in [4.78, 5) is 11.2. The summed E-state index contributed by atoms with van der Waals surface area (Å²) in [6.45, 7) is 4.41. The number of nitrogens with zero attached hydrogens (tertiary/aromatic N) is 1. The second kappa shape index (κ2) is 5.90. The predicted octanol–water partition coefficient (Wildman–Crippen LogP) is 1.84. The predicted molar refractivity (Wildman–Crippen MR) is 64.5 cm³/mol. The number of rotatable bonds is 4. The smallest absolute Gasteiger partial charge is 0.234 e. The number of carbonyl (C=O) groups excluding carboxylic acids is 1. The summed E-state index contributed by atoms with van der Waals surface area (Å²) < 4.78 is 5.26. The van der Waals surface area contributed by atoms with E-state index in [2.05, 4.69) is 5.32 Å². The Bertz CT molecular complexity index is 461. The molecule has 0 heterocycles. The average molecular weight is 232 g/mol. The molecular formula is C13H16N2O2. The van der Waals surface area contributed by atoms with E-state index in [9.17, 15) is 4.79 Å². The number of hydrogen-bond acceptors (Lipinski definition) is 3. The highest BCUT2D eigenvalue weighted by molar-refractivity contribution is 5.77. The maximum absolute atomic E-state index is 11.2. The number of hydrogen-bond donors (Lipinski definition) is 1. The molecule has 0 radical (unpaired) electrons. The molecule has 1 aromatic rings. The maximum Gasteiger partial charge on any atom is 0.234 e. The molecule has 1 aromatic carbocycles. The van der Waals surface area contributed by atoms with Gasteiger partial charge in [0.1, 0.15) is 12.2 Å². The third kappa shape index (κ3) is 3.49. The zero-order valence-electron chi connectivity index (χ0n) is 10.3. The lowest BCUT2D eigenvalue weighted by Crippen LogP contribution is -2.21.